The monoisotopic (exact) mass is 373 g/mol. The van der Waals surface area contributed by atoms with Gasteiger partial charge in [-0.3, -0.25) is 4.79 Å². The van der Waals surface area contributed by atoms with Crippen LogP contribution in [0.4, 0.5) is 0 Å². The van der Waals surface area contributed by atoms with Crippen LogP contribution < -0.4 is 5.32 Å². The van der Waals surface area contributed by atoms with E-state index in [1.807, 2.05) is 6.92 Å². The van der Waals surface area contributed by atoms with Crippen LogP contribution in [0.5, 0.6) is 0 Å². The van der Waals surface area contributed by atoms with Gasteiger partial charge in [0.2, 0.25) is 5.82 Å². The van der Waals surface area contributed by atoms with Gasteiger partial charge in [-0.25, -0.2) is 14.5 Å². The standard InChI is InChI=1S/C18H23N5O2S/c1-3-25-9-5-8-19-17(24)15-21-16-14-13-11(2)6-4-7-12(13)26-18(14)20-10-23(16)22-15/h10-11H,3-9H2,1-2H3,(H,19,24)/t11-/m0/s1. The van der Waals surface area contributed by atoms with Crippen molar-refractivity contribution in [3.05, 3.63) is 22.6 Å². The zero-order chi connectivity index (χ0) is 18.1. The molecule has 0 radical (unpaired) electrons. The fourth-order valence-corrected chi connectivity index (χ4v) is 4.88. The Morgan fingerprint density at radius 1 is 1.50 bits per heavy atom. The van der Waals surface area contributed by atoms with Gasteiger partial charge >= 0.3 is 0 Å². The van der Waals surface area contributed by atoms with Gasteiger partial charge in [0.05, 0.1) is 5.39 Å². The first-order valence-corrected chi connectivity index (χ1v) is 10.0. The van der Waals surface area contributed by atoms with E-state index in [-0.39, 0.29) is 11.7 Å². The van der Waals surface area contributed by atoms with E-state index in [0.717, 1.165) is 28.7 Å². The third-order valence-electron chi connectivity index (χ3n) is 4.83. The summed E-state index contributed by atoms with van der Waals surface area (Å²) in [6.45, 7) is 6.09. The summed E-state index contributed by atoms with van der Waals surface area (Å²) in [7, 11) is 0. The number of thiophene rings is 1. The van der Waals surface area contributed by atoms with E-state index >= 15 is 0 Å². The van der Waals surface area contributed by atoms with E-state index in [1.165, 1.54) is 23.3 Å². The minimum atomic E-state index is -0.254. The Morgan fingerprint density at radius 3 is 3.23 bits per heavy atom. The highest BCUT2D eigenvalue weighted by Gasteiger charge is 2.25. The van der Waals surface area contributed by atoms with E-state index in [9.17, 15) is 4.79 Å². The van der Waals surface area contributed by atoms with E-state index < -0.39 is 0 Å². The summed E-state index contributed by atoms with van der Waals surface area (Å²) >= 11 is 1.75. The van der Waals surface area contributed by atoms with E-state index in [0.29, 0.717) is 25.7 Å². The molecule has 0 aliphatic heterocycles. The first-order chi connectivity index (χ1) is 12.7. The second-order valence-corrected chi connectivity index (χ2v) is 7.75. The molecule has 1 atom stereocenters. The number of amides is 1. The number of ether oxygens (including phenoxy) is 1. The predicted molar refractivity (Wildman–Crippen MR) is 101 cm³/mol. The highest BCUT2D eigenvalue weighted by Crippen LogP contribution is 2.42. The predicted octanol–water partition coefficient (Wildman–Crippen LogP) is 2.94. The van der Waals surface area contributed by atoms with Gasteiger partial charge in [0.25, 0.3) is 5.91 Å². The van der Waals surface area contributed by atoms with Crippen molar-refractivity contribution in [2.45, 2.75) is 45.4 Å². The largest absolute Gasteiger partial charge is 0.382 e. The quantitative estimate of drug-likeness (QED) is 0.672. The molecule has 8 heteroatoms. The Balaban J connectivity index is 1.63. The van der Waals surface area contributed by atoms with Crippen LogP contribution in [0.15, 0.2) is 6.33 Å². The first kappa shape index (κ1) is 17.4. The van der Waals surface area contributed by atoms with Crippen molar-refractivity contribution >= 4 is 33.1 Å². The van der Waals surface area contributed by atoms with Crippen LogP contribution in [0, 0.1) is 0 Å². The number of aryl methyl sites for hydroxylation is 1. The van der Waals surface area contributed by atoms with Gasteiger partial charge in [0, 0.05) is 24.6 Å². The molecule has 0 saturated heterocycles. The van der Waals surface area contributed by atoms with Crippen molar-refractivity contribution in [3.8, 4) is 0 Å². The van der Waals surface area contributed by atoms with Crippen molar-refractivity contribution in [1.82, 2.24) is 24.9 Å². The Bertz CT molecular complexity index is 948. The van der Waals surface area contributed by atoms with Gasteiger partial charge in [0.15, 0.2) is 5.65 Å². The second-order valence-electron chi connectivity index (χ2n) is 6.67. The number of carbonyl (C=O) groups is 1. The molecule has 3 aromatic heterocycles. The summed E-state index contributed by atoms with van der Waals surface area (Å²) in [6, 6.07) is 0. The van der Waals surface area contributed by atoms with Crippen LogP contribution in [-0.4, -0.2) is 45.2 Å². The molecule has 138 valence electrons. The molecule has 1 N–H and O–H groups in total. The number of fused-ring (bicyclic) bond motifs is 5. The highest BCUT2D eigenvalue weighted by molar-refractivity contribution is 7.19. The zero-order valence-electron chi connectivity index (χ0n) is 15.1. The third-order valence-corrected chi connectivity index (χ3v) is 6.01. The van der Waals surface area contributed by atoms with Gasteiger partial charge in [-0.05, 0) is 44.1 Å². The van der Waals surface area contributed by atoms with Gasteiger partial charge < -0.3 is 10.1 Å². The fraction of sp³-hybridized carbons (Fsp3) is 0.556. The van der Waals surface area contributed by atoms with Crippen LogP contribution in [0.1, 0.15) is 60.1 Å². The fourth-order valence-electron chi connectivity index (χ4n) is 3.58. The highest BCUT2D eigenvalue weighted by atomic mass is 32.1. The Hall–Kier alpha value is -2.06. The molecule has 1 aliphatic carbocycles. The summed E-state index contributed by atoms with van der Waals surface area (Å²) in [5.41, 5.74) is 2.09. The summed E-state index contributed by atoms with van der Waals surface area (Å²) in [5.74, 6) is 0.433. The number of rotatable bonds is 6. The third kappa shape index (κ3) is 3.07. The summed E-state index contributed by atoms with van der Waals surface area (Å²) in [4.78, 5) is 23.9. The lowest BCUT2D eigenvalue weighted by Gasteiger charge is -2.18. The van der Waals surface area contributed by atoms with Crippen molar-refractivity contribution < 1.29 is 9.53 Å². The maximum absolute atomic E-state index is 12.4. The topological polar surface area (TPSA) is 81.4 Å². The van der Waals surface area contributed by atoms with Crippen molar-refractivity contribution in [2.75, 3.05) is 19.8 Å². The van der Waals surface area contributed by atoms with Crippen molar-refractivity contribution in [2.24, 2.45) is 0 Å². The maximum Gasteiger partial charge on any atom is 0.290 e. The molecular formula is C18H23N5O2S. The minimum absolute atomic E-state index is 0.194. The normalized spacial score (nSPS) is 16.9. The van der Waals surface area contributed by atoms with Crippen LogP contribution in [0.3, 0.4) is 0 Å². The molecule has 1 amide bonds. The van der Waals surface area contributed by atoms with Crippen molar-refractivity contribution in [1.29, 1.82) is 0 Å². The minimum Gasteiger partial charge on any atom is -0.382 e. The molecular weight excluding hydrogens is 350 g/mol. The molecule has 3 heterocycles. The number of hydrogen-bond acceptors (Lipinski definition) is 6. The van der Waals surface area contributed by atoms with Crippen LogP contribution in [0.25, 0.3) is 15.9 Å². The summed E-state index contributed by atoms with van der Waals surface area (Å²) in [5, 5.41) is 8.26. The molecule has 7 nitrogen and oxygen atoms in total. The average molecular weight is 373 g/mol. The first-order valence-electron chi connectivity index (χ1n) is 9.21. The molecule has 3 aromatic rings. The number of nitrogens with zero attached hydrogens (tertiary/aromatic N) is 4. The molecule has 0 fully saturated rings. The average Bonchev–Trinajstić information content (AvgIpc) is 3.22. The molecule has 1 aliphatic rings. The smallest absolute Gasteiger partial charge is 0.290 e. The SMILES string of the molecule is CCOCCCNC(=O)c1nc2c3c4c(sc3ncn2n1)CCC[C@@H]4C. The summed E-state index contributed by atoms with van der Waals surface area (Å²) in [6.07, 6.45) is 5.94. The summed E-state index contributed by atoms with van der Waals surface area (Å²) < 4.78 is 6.91. The Kier molecular flexibility index (Phi) is 4.86. The lowest BCUT2D eigenvalue weighted by atomic mass is 9.87. The maximum atomic E-state index is 12.4. The van der Waals surface area contributed by atoms with Crippen LogP contribution in [0.2, 0.25) is 0 Å². The van der Waals surface area contributed by atoms with Gasteiger partial charge in [-0.1, -0.05) is 6.92 Å². The molecule has 0 aromatic carbocycles. The van der Waals surface area contributed by atoms with E-state index in [4.69, 9.17) is 4.74 Å². The number of carbonyl (C=O) groups excluding carboxylic acids is 1. The molecule has 0 unspecified atom stereocenters. The molecule has 0 spiro atoms. The Morgan fingerprint density at radius 2 is 2.38 bits per heavy atom. The Labute approximate surface area is 155 Å². The van der Waals surface area contributed by atoms with E-state index in [2.05, 4.69) is 27.3 Å². The van der Waals surface area contributed by atoms with Gasteiger partial charge in [-0.15, -0.1) is 16.4 Å². The zero-order valence-corrected chi connectivity index (χ0v) is 15.9. The lowest BCUT2D eigenvalue weighted by molar-refractivity contribution is 0.0934. The van der Waals surface area contributed by atoms with E-state index in [1.54, 1.807) is 22.2 Å². The lowest BCUT2D eigenvalue weighted by Crippen LogP contribution is -2.26. The second kappa shape index (κ2) is 7.28. The van der Waals surface area contributed by atoms with Gasteiger partial charge in [0.1, 0.15) is 11.2 Å². The number of hydrogen-bond donors (Lipinski definition) is 1. The number of aromatic nitrogens is 4. The number of nitrogens with one attached hydrogen (secondary N) is 1. The molecule has 0 saturated carbocycles. The molecule has 4 rings (SSSR count). The van der Waals surface area contributed by atoms with Gasteiger partial charge in [-0.2, -0.15) is 0 Å². The van der Waals surface area contributed by atoms with Crippen LogP contribution >= 0.6 is 11.3 Å². The van der Waals surface area contributed by atoms with Crippen LogP contribution in [-0.2, 0) is 11.2 Å². The van der Waals surface area contributed by atoms with Crippen molar-refractivity contribution in [3.63, 3.8) is 0 Å². The molecule has 0 bridgehead atoms. The molecule has 26 heavy (non-hydrogen) atoms.